The molecule has 0 aromatic heterocycles. The SMILES string of the molecule is O=[N+]([O-])c1ccc(Oc2ccc(C3(c4ccc(Oc5ccc([N+](=O)[O-])c(O)c5)cc4)c4cc(Br)ccc4-c4ccc(Br)cc43)cc2)cc1O. The molecule has 1 aliphatic carbocycles. The number of aromatic hydroxyl groups is 2. The molecule has 12 heteroatoms. The van der Waals surface area contributed by atoms with Gasteiger partial charge in [0.2, 0.25) is 0 Å². The number of rotatable bonds is 8. The van der Waals surface area contributed by atoms with Gasteiger partial charge in [0.15, 0.2) is 11.5 Å². The van der Waals surface area contributed by atoms with Crippen LogP contribution in [0, 0.1) is 20.2 Å². The topological polar surface area (TPSA) is 145 Å². The summed E-state index contributed by atoms with van der Waals surface area (Å²) < 4.78 is 13.7. The van der Waals surface area contributed by atoms with Crippen molar-refractivity contribution in [3.63, 3.8) is 0 Å². The second-order valence-electron chi connectivity index (χ2n) is 11.2. The molecule has 0 radical (unpaired) electrons. The fourth-order valence-corrected chi connectivity index (χ4v) is 7.04. The number of hydrogen-bond donors (Lipinski definition) is 2. The van der Waals surface area contributed by atoms with Gasteiger partial charge in [-0.3, -0.25) is 20.2 Å². The predicted octanol–water partition coefficient (Wildman–Crippen LogP) is 10.4. The maximum Gasteiger partial charge on any atom is 0.310 e. The van der Waals surface area contributed by atoms with Crippen LogP contribution in [-0.4, -0.2) is 20.1 Å². The first-order valence-electron chi connectivity index (χ1n) is 14.7. The Morgan fingerprint density at radius 1 is 0.510 bits per heavy atom. The van der Waals surface area contributed by atoms with E-state index in [1.165, 1.54) is 36.4 Å². The molecule has 0 fully saturated rings. The van der Waals surface area contributed by atoms with E-state index in [0.717, 1.165) is 42.3 Å². The summed E-state index contributed by atoms with van der Waals surface area (Å²) in [6.45, 7) is 0. The zero-order valence-corrected chi connectivity index (χ0v) is 28.2. The van der Waals surface area contributed by atoms with Gasteiger partial charge >= 0.3 is 11.4 Å². The monoisotopic (exact) mass is 780 g/mol. The summed E-state index contributed by atoms with van der Waals surface area (Å²) in [5, 5.41) is 42.4. The minimum atomic E-state index is -0.799. The summed E-state index contributed by atoms with van der Waals surface area (Å²) >= 11 is 7.37. The standard InChI is InChI=1S/C37H22Br2N2O8/c38-23-5-13-29-30-14-6-24(39)18-32(30)37(31(29)17-23,21-1-7-25(8-2-21)48-27-11-15-33(40(44)45)35(42)19-27)22-3-9-26(10-4-22)49-28-12-16-34(41(46)47)36(43)20-28/h1-20,42-43H. The normalized spacial score (nSPS) is 12.5. The largest absolute Gasteiger partial charge is 0.502 e. The molecule has 0 unspecified atom stereocenters. The van der Waals surface area contributed by atoms with Crippen molar-refractivity contribution in [2.24, 2.45) is 0 Å². The summed E-state index contributed by atoms with van der Waals surface area (Å²) in [6, 6.07) is 35.1. The van der Waals surface area contributed by atoms with Gasteiger partial charge in [0.1, 0.15) is 23.0 Å². The van der Waals surface area contributed by atoms with E-state index in [2.05, 4.69) is 56.1 Å². The average molecular weight is 782 g/mol. The Morgan fingerprint density at radius 3 is 1.22 bits per heavy atom. The number of nitro benzene ring substituents is 2. The zero-order chi connectivity index (χ0) is 34.4. The number of nitrogens with zero attached hydrogens (tertiary/aromatic N) is 2. The van der Waals surface area contributed by atoms with Crippen molar-refractivity contribution < 1.29 is 29.5 Å². The molecule has 0 saturated carbocycles. The van der Waals surface area contributed by atoms with Gasteiger partial charge in [-0.1, -0.05) is 68.3 Å². The highest BCUT2D eigenvalue weighted by atomic mass is 79.9. The molecule has 6 aromatic rings. The van der Waals surface area contributed by atoms with Crippen molar-refractivity contribution in [3.05, 3.63) is 173 Å². The highest BCUT2D eigenvalue weighted by Gasteiger charge is 2.46. The number of nitro groups is 2. The Hall–Kier alpha value is -5.72. The highest BCUT2D eigenvalue weighted by molar-refractivity contribution is 9.10. The molecule has 10 nitrogen and oxygen atoms in total. The van der Waals surface area contributed by atoms with Gasteiger partial charge < -0.3 is 19.7 Å². The van der Waals surface area contributed by atoms with Crippen LogP contribution in [0.3, 0.4) is 0 Å². The lowest BCUT2D eigenvalue weighted by molar-refractivity contribution is -0.386. The molecule has 0 atom stereocenters. The fourth-order valence-electron chi connectivity index (χ4n) is 6.32. The molecule has 49 heavy (non-hydrogen) atoms. The molecular formula is C37H22Br2N2O8. The molecule has 1 aliphatic rings. The molecule has 0 spiro atoms. The second kappa shape index (κ2) is 12.4. The van der Waals surface area contributed by atoms with Crippen LogP contribution in [0.5, 0.6) is 34.5 Å². The van der Waals surface area contributed by atoms with Gasteiger partial charge in [-0.2, -0.15) is 0 Å². The van der Waals surface area contributed by atoms with Crippen molar-refractivity contribution in [2.45, 2.75) is 5.41 Å². The van der Waals surface area contributed by atoms with Crippen LogP contribution in [-0.2, 0) is 5.41 Å². The maximum atomic E-state index is 11.1. The molecule has 0 amide bonds. The van der Waals surface area contributed by atoms with Gasteiger partial charge in [-0.05, 0) is 94.0 Å². The van der Waals surface area contributed by atoms with E-state index in [0.29, 0.717) is 11.5 Å². The first kappa shape index (κ1) is 31.9. The summed E-state index contributed by atoms with van der Waals surface area (Å²) in [5.41, 5.74) is 4.43. The van der Waals surface area contributed by atoms with Crippen molar-refractivity contribution in [1.82, 2.24) is 0 Å². The van der Waals surface area contributed by atoms with Crippen LogP contribution in [0.25, 0.3) is 11.1 Å². The summed E-state index contributed by atoms with van der Waals surface area (Å²) in [4.78, 5) is 20.9. The maximum absolute atomic E-state index is 11.1. The van der Waals surface area contributed by atoms with Gasteiger partial charge in [0.25, 0.3) is 0 Å². The number of hydrogen-bond acceptors (Lipinski definition) is 8. The van der Waals surface area contributed by atoms with Crippen LogP contribution in [0.4, 0.5) is 11.4 Å². The van der Waals surface area contributed by atoms with Crippen LogP contribution in [0.15, 0.2) is 130 Å². The third-order valence-electron chi connectivity index (χ3n) is 8.39. The number of fused-ring (bicyclic) bond motifs is 3. The van der Waals surface area contributed by atoms with E-state index >= 15 is 0 Å². The Morgan fingerprint density at radius 2 is 0.878 bits per heavy atom. The Labute approximate surface area is 295 Å². The van der Waals surface area contributed by atoms with E-state index in [1.807, 2.05) is 60.7 Å². The number of halogens is 2. The third kappa shape index (κ3) is 5.64. The van der Waals surface area contributed by atoms with E-state index in [9.17, 15) is 30.4 Å². The predicted molar refractivity (Wildman–Crippen MR) is 189 cm³/mol. The van der Waals surface area contributed by atoms with Crippen LogP contribution in [0.2, 0.25) is 0 Å². The van der Waals surface area contributed by atoms with Crippen molar-refractivity contribution >= 4 is 43.2 Å². The van der Waals surface area contributed by atoms with E-state index in [1.54, 1.807) is 0 Å². The lowest BCUT2D eigenvalue weighted by Gasteiger charge is -2.34. The quantitative estimate of drug-likeness (QED) is 0.114. The van der Waals surface area contributed by atoms with E-state index in [-0.39, 0.29) is 11.5 Å². The molecule has 242 valence electrons. The number of ether oxygens (including phenoxy) is 2. The van der Waals surface area contributed by atoms with E-state index < -0.39 is 38.1 Å². The molecular weight excluding hydrogens is 760 g/mol. The minimum Gasteiger partial charge on any atom is -0.502 e. The fraction of sp³-hybridized carbons (Fsp3) is 0.0270. The Kier molecular flexibility index (Phi) is 8.05. The summed E-state index contributed by atoms with van der Waals surface area (Å²) in [7, 11) is 0. The molecule has 6 aromatic carbocycles. The number of phenolic OH excluding ortho intramolecular Hbond substituents is 2. The highest BCUT2D eigenvalue weighted by Crippen LogP contribution is 2.57. The van der Waals surface area contributed by atoms with Crippen molar-refractivity contribution in [2.75, 3.05) is 0 Å². The van der Waals surface area contributed by atoms with Crippen LogP contribution < -0.4 is 9.47 Å². The number of phenols is 2. The minimum absolute atomic E-state index is 0.243. The molecule has 7 rings (SSSR count). The zero-order valence-electron chi connectivity index (χ0n) is 25.0. The first-order chi connectivity index (χ1) is 23.5. The molecule has 0 aliphatic heterocycles. The summed E-state index contributed by atoms with van der Waals surface area (Å²) in [5.74, 6) is 0.421. The smallest absolute Gasteiger partial charge is 0.310 e. The summed E-state index contributed by atoms with van der Waals surface area (Å²) in [6.07, 6.45) is 0. The lowest BCUT2D eigenvalue weighted by atomic mass is 9.67. The van der Waals surface area contributed by atoms with Crippen molar-refractivity contribution in [3.8, 4) is 45.6 Å². The van der Waals surface area contributed by atoms with E-state index in [4.69, 9.17) is 9.47 Å². The van der Waals surface area contributed by atoms with Crippen molar-refractivity contribution in [1.29, 1.82) is 0 Å². The Balaban J connectivity index is 1.33. The number of benzene rings is 6. The first-order valence-corrected chi connectivity index (χ1v) is 16.3. The average Bonchev–Trinajstić information content (AvgIpc) is 3.34. The molecule has 0 bridgehead atoms. The molecule has 0 heterocycles. The van der Waals surface area contributed by atoms with Crippen LogP contribution in [0.1, 0.15) is 22.3 Å². The van der Waals surface area contributed by atoms with Gasteiger partial charge in [-0.15, -0.1) is 0 Å². The lowest BCUT2D eigenvalue weighted by Crippen LogP contribution is -2.28. The van der Waals surface area contributed by atoms with Gasteiger partial charge in [0, 0.05) is 33.2 Å². The third-order valence-corrected chi connectivity index (χ3v) is 9.38. The molecule has 2 N–H and O–H groups in total. The van der Waals surface area contributed by atoms with Crippen LogP contribution >= 0.6 is 31.9 Å². The Bertz CT molecular complexity index is 2130. The second-order valence-corrected chi connectivity index (χ2v) is 13.0. The molecule has 0 saturated heterocycles. The van der Waals surface area contributed by atoms with Gasteiger partial charge in [-0.25, -0.2) is 0 Å². The van der Waals surface area contributed by atoms with Gasteiger partial charge in [0.05, 0.1) is 15.3 Å².